The fourth-order valence-corrected chi connectivity index (χ4v) is 2.46. The molecule has 3 N–H and O–H groups in total. The number of carbonyl (C=O) groups is 1. The molecule has 20 heavy (non-hydrogen) atoms. The molecule has 0 aromatic heterocycles. The largest absolute Gasteiger partial charge is 0.385 e. The third kappa shape index (κ3) is 4.53. The highest BCUT2D eigenvalue weighted by atomic mass is 16.1. The van der Waals surface area contributed by atoms with E-state index < -0.39 is 0 Å². The molecule has 1 amide bonds. The molecule has 1 aliphatic rings. The van der Waals surface area contributed by atoms with Crippen molar-refractivity contribution in [1.29, 1.82) is 0 Å². The minimum Gasteiger partial charge on any atom is -0.385 e. The molecule has 1 saturated heterocycles. The highest BCUT2D eigenvalue weighted by Gasteiger charge is 2.13. The number of anilines is 1. The van der Waals surface area contributed by atoms with Crippen molar-refractivity contribution in [2.75, 3.05) is 25.0 Å². The molecule has 4 heteroatoms. The third-order valence-corrected chi connectivity index (χ3v) is 3.60. The Hall–Kier alpha value is -1.55. The van der Waals surface area contributed by atoms with E-state index >= 15 is 0 Å². The maximum Gasteiger partial charge on any atom is 0.251 e. The minimum atomic E-state index is -0.00878. The minimum absolute atomic E-state index is 0.00878. The van der Waals surface area contributed by atoms with Gasteiger partial charge in [0.05, 0.1) is 0 Å². The summed E-state index contributed by atoms with van der Waals surface area (Å²) in [5.41, 5.74) is 1.74. The zero-order chi connectivity index (χ0) is 14.4. The standard InChI is InChI=1S/C16H25N3O/c1-12(2)19-16(20)14-4-3-5-15(10-14)18-11-13-6-8-17-9-7-13/h3-5,10,12-13,17-18H,6-9,11H2,1-2H3,(H,19,20). The first kappa shape index (κ1) is 14.9. The summed E-state index contributed by atoms with van der Waals surface area (Å²) < 4.78 is 0. The Bertz CT molecular complexity index is 439. The quantitative estimate of drug-likeness (QED) is 0.772. The van der Waals surface area contributed by atoms with E-state index in [0.29, 0.717) is 5.56 Å². The first-order valence-electron chi connectivity index (χ1n) is 7.50. The van der Waals surface area contributed by atoms with Crippen molar-refractivity contribution in [3.8, 4) is 0 Å². The Labute approximate surface area is 121 Å². The van der Waals surface area contributed by atoms with Crippen molar-refractivity contribution in [2.24, 2.45) is 5.92 Å². The van der Waals surface area contributed by atoms with E-state index in [1.54, 1.807) is 0 Å². The molecule has 0 bridgehead atoms. The van der Waals surface area contributed by atoms with Gasteiger partial charge in [-0.3, -0.25) is 4.79 Å². The van der Waals surface area contributed by atoms with Gasteiger partial charge in [0, 0.05) is 23.8 Å². The van der Waals surface area contributed by atoms with E-state index in [9.17, 15) is 4.79 Å². The van der Waals surface area contributed by atoms with Crippen LogP contribution in [0.5, 0.6) is 0 Å². The molecular weight excluding hydrogens is 250 g/mol. The van der Waals surface area contributed by atoms with E-state index in [1.165, 1.54) is 12.8 Å². The fourth-order valence-electron chi connectivity index (χ4n) is 2.46. The van der Waals surface area contributed by atoms with Gasteiger partial charge in [-0.1, -0.05) is 6.07 Å². The molecule has 4 nitrogen and oxygen atoms in total. The van der Waals surface area contributed by atoms with E-state index in [4.69, 9.17) is 0 Å². The Kier molecular flexibility index (Phi) is 5.41. The van der Waals surface area contributed by atoms with Gasteiger partial charge in [-0.15, -0.1) is 0 Å². The monoisotopic (exact) mass is 275 g/mol. The van der Waals surface area contributed by atoms with Crippen LogP contribution in [-0.4, -0.2) is 31.6 Å². The summed E-state index contributed by atoms with van der Waals surface area (Å²) in [6.45, 7) is 7.15. The van der Waals surface area contributed by atoms with Crippen molar-refractivity contribution >= 4 is 11.6 Å². The Morgan fingerprint density at radius 2 is 2.10 bits per heavy atom. The average Bonchev–Trinajstić information content (AvgIpc) is 2.46. The number of carbonyl (C=O) groups excluding carboxylic acids is 1. The SMILES string of the molecule is CC(C)NC(=O)c1cccc(NCC2CCNCC2)c1. The number of piperidine rings is 1. The molecule has 1 aliphatic heterocycles. The summed E-state index contributed by atoms with van der Waals surface area (Å²) in [6.07, 6.45) is 2.45. The second-order valence-corrected chi connectivity index (χ2v) is 5.78. The summed E-state index contributed by atoms with van der Waals surface area (Å²) in [7, 11) is 0. The van der Waals surface area contributed by atoms with Gasteiger partial charge in [0.2, 0.25) is 0 Å². The maximum atomic E-state index is 12.0. The molecule has 1 fully saturated rings. The van der Waals surface area contributed by atoms with Gasteiger partial charge in [0.1, 0.15) is 0 Å². The van der Waals surface area contributed by atoms with Crippen LogP contribution in [0.15, 0.2) is 24.3 Å². The lowest BCUT2D eigenvalue weighted by molar-refractivity contribution is 0.0943. The van der Waals surface area contributed by atoms with Crippen molar-refractivity contribution in [3.05, 3.63) is 29.8 Å². The lowest BCUT2D eigenvalue weighted by atomic mass is 9.98. The van der Waals surface area contributed by atoms with Gasteiger partial charge >= 0.3 is 0 Å². The van der Waals surface area contributed by atoms with Gasteiger partial charge in [-0.25, -0.2) is 0 Å². The Balaban J connectivity index is 1.90. The summed E-state index contributed by atoms with van der Waals surface area (Å²) in [6, 6.07) is 7.90. The highest BCUT2D eigenvalue weighted by Crippen LogP contribution is 2.15. The first-order valence-corrected chi connectivity index (χ1v) is 7.50. The van der Waals surface area contributed by atoms with Crippen LogP contribution < -0.4 is 16.0 Å². The predicted octanol–water partition coefficient (Wildman–Crippen LogP) is 2.24. The number of amides is 1. The number of benzene rings is 1. The van der Waals surface area contributed by atoms with Crippen LogP contribution in [0, 0.1) is 5.92 Å². The molecule has 0 saturated carbocycles. The van der Waals surface area contributed by atoms with Crippen LogP contribution >= 0.6 is 0 Å². The van der Waals surface area contributed by atoms with Crippen molar-refractivity contribution in [3.63, 3.8) is 0 Å². The van der Waals surface area contributed by atoms with Gasteiger partial charge in [0.15, 0.2) is 0 Å². The molecule has 1 aromatic rings. The molecule has 0 atom stereocenters. The van der Waals surface area contributed by atoms with Gasteiger partial charge in [-0.2, -0.15) is 0 Å². The van der Waals surface area contributed by atoms with Crippen molar-refractivity contribution in [1.82, 2.24) is 10.6 Å². The summed E-state index contributed by atoms with van der Waals surface area (Å²) in [5.74, 6) is 0.718. The van der Waals surface area contributed by atoms with Crippen LogP contribution in [0.2, 0.25) is 0 Å². The first-order chi connectivity index (χ1) is 9.65. The van der Waals surface area contributed by atoms with Crippen LogP contribution in [0.25, 0.3) is 0 Å². The molecule has 0 radical (unpaired) electrons. The van der Waals surface area contributed by atoms with Crippen molar-refractivity contribution < 1.29 is 4.79 Å². The molecule has 110 valence electrons. The number of hydrogen-bond acceptors (Lipinski definition) is 3. The van der Waals surface area contributed by atoms with Crippen LogP contribution in [0.4, 0.5) is 5.69 Å². The molecule has 0 aliphatic carbocycles. The summed E-state index contributed by atoms with van der Waals surface area (Å²) >= 11 is 0. The lowest BCUT2D eigenvalue weighted by Crippen LogP contribution is -2.31. The number of hydrogen-bond donors (Lipinski definition) is 3. The predicted molar refractivity (Wildman–Crippen MR) is 83.1 cm³/mol. The highest BCUT2D eigenvalue weighted by molar-refractivity contribution is 5.95. The van der Waals surface area contributed by atoms with Crippen LogP contribution in [0.3, 0.4) is 0 Å². The molecule has 1 aromatic carbocycles. The van der Waals surface area contributed by atoms with E-state index in [-0.39, 0.29) is 11.9 Å². The fraction of sp³-hybridized carbons (Fsp3) is 0.562. The zero-order valence-corrected chi connectivity index (χ0v) is 12.4. The van der Waals surface area contributed by atoms with Crippen molar-refractivity contribution in [2.45, 2.75) is 32.7 Å². The van der Waals surface area contributed by atoms with Crippen LogP contribution in [0.1, 0.15) is 37.0 Å². The maximum absolute atomic E-state index is 12.0. The zero-order valence-electron chi connectivity index (χ0n) is 12.4. The van der Waals surface area contributed by atoms with Gasteiger partial charge < -0.3 is 16.0 Å². The average molecular weight is 275 g/mol. The van der Waals surface area contributed by atoms with E-state index in [2.05, 4.69) is 16.0 Å². The van der Waals surface area contributed by atoms with E-state index in [1.807, 2.05) is 38.1 Å². The smallest absolute Gasteiger partial charge is 0.251 e. The summed E-state index contributed by atoms with van der Waals surface area (Å²) in [5, 5.41) is 9.75. The lowest BCUT2D eigenvalue weighted by Gasteiger charge is -2.23. The third-order valence-electron chi connectivity index (χ3n) is 3.60. The summed E-state index contributed by atoms with van der Waals surface area (Å²) in [4.78, 5) is 12.0. The van der Waals surface area contributed by atoms with Crippen LogP contribution in [-0.2, 0) is 0 Å². The Morgan fingerprint density at radius 3 is 2.80 bits per heavy atom. The number of nitrogens with one attached hydrogen (secondary N) is 3. The second kappa shape index (κ2) is 7.29. The normalized spacial score (nSPS) is 16.1. The van der Waals surface area contributed by atoms with Gasteiger partial charge in [0.25, 0.3) is 5.91 Å². The molecular formula is C16H25N3O. The molecule has 2 rings (SSSR count). The van der Waals surface area contributed by atoms with Gasteiger partial charge in [-0.05, 0) is 63.9 Å². The topological polar surface area (TPSA) is 53.2 Å². The van der Waals surface area contributed by atoms with E-state index in [0.717, 1.165) is 31.2 Å². The molecule has 0 unspecified atom stereocenters. The molecule has 1 heterocycles. The Morgan fingerprint density at radius 1 is 1.35 bits per heavy atom. The number of rotatable bonds is 5. The second-order valence-electron chi connectivity index (χ2n) is 5.78. The molecule has 0 spiro atoms.